The summed E-state index contributed by atoms with van der Waals surface area (Å²) >= 11 is 1.18. The summed E-state index contributed by atoms with van der Waals surface area (Å²) in [5.41, 5.74) is 7.49. The van der Waals surface area contributed by atoms with Gasteiger partial charge in [-0.15, -0.1) is 11.3 Å². The summed E-state index contributed by atoms with van der Waals surface area (Å²) in [4.78, 5) is 22.5. The van der Waals surface area contributed by atoms with Crippen LogP contribution in [0.4, 0.5) is 11.4 Å². The molecule has 0 fully saturated rings. The zero-order chi connectivity index (χ0) is 16.8. The van der Waals surface area contributed by atoms with Crippen LogP contribution in [-0.4, -0.2) is 17.4 Å². The van der Waals surface area contributed by atoms with Crippen molar-refractivity contribution in [3.8, 4) is 0 Å². The van der Waals surface area contributed by atoms with Crippen LogP contribution < -0.4 is 16.2 Å². The number of benzene rings is 1. The molecule has 0 unspecified atom stereocenters. The number of amides is 1. The van der Waals surface area contributed by atoms with Crippen molar-refractivity contribution in [3.05, 3.63) is 62.8 Å². The quantitative estimate of drug-likeness (QED) is 0.535. The van der Waals surface area contributed by atoms with Crippen molar-refractivity contribution >= 4 is 34.3 Å². The minimum atomic E-state index is -0.475. The first-order valence-corrected chi connectivity index (χ1v) is 7.61. The topological polar surface area (TPSA) is 96.3 Å². The molecule has 2 rings (SSSR count). The lowest BCUT2D eigenvalue weighted by molar-refractivity contribution is -0.384. The van der Waals surface area contributed by atoms with E-state index < -0.39 is 4.92 Å². The number of thiophene rings is 1. The van der Waals surface area contributed by atoms with E-state index in [2.05, 4.69) is 22.7 Å². The second-order valence-corrected chi connectivity index (χ2v) is 5.71. The molecule has 0 aliphatic heterocycles. The van der Waals surface area contributed by atoms with Gasteiger partial charge in [-0.05, 0) is 24.6 Å². The van der Waals surface area contributed by atoms with Crippen LogP contribution in [0.3, 0.4) is 0 Å². The van der Waals surface area contributed by atoms with Crippen LogP contribution in [0, 0.1) is 17.0 Å². The molecule has 0 atom stereocenters. The summed E-state index contributed by atoms with van der Waals surface area (Å²) in [5.74, 6) is -0.279. The molecular weight excluding hydrogens is 316 g/mol. The molecule has 1 amide bonds. The molecule has 8 heteroatoms. The monoisotopic (exact) mass is 332 g/mol. The Labute approximate surface area is 137 Å². The molecule has 0 saturated heterocycles. The number of nitrogens with one attached hydrogen (secondary N) is 3. The average molecular weight is 332 g/mol. The number of carbonyl (C=O) groups is 1. The Hall–Kier alpha value is -2.87. The molecule has 1 aromatic heterocycles. The first kappa shape index (κ1) is 16.5. The smallest absolute Gasteiger partial charge is 0.280 e. The van der Waals surface area contributed by atoms with Gasteiger partial charge in [0.15, 0.2) is 0 Å². The maximum Gasteiger partial charge on any atom is 0.280 e. The van der Waals surface area contributed by atoms with Crippen molar-refractivity contribution in [1.29, 1.82) is 0 Å². The van der Waals surface area contributed by atoms with Gasteiger partial charge in [-0.25, -0.2) is 0 Å². The number of hydrogen-bond acceptors (Lipinski definition) is 6. The number of hydrogen-bond donors (Lipinski definition) is 3. The highest BCUT2D eigenvalue weighted by Gasteiger charge is 2.11. The summed E-state index contributed by atoms with van der Waals surface area (Å²) in [6.45, 7) is 5.80. The Kier molecular flexibility index (Phi) is 5.32. The van der Waals surface area contributed by atoms with Gasteiger partial charge in [0.25, 0.3) is 11.6 Å². The van der Waals surface area contributed by atoms with Gasteiger partial charge < -0.3 is 5.32 Å². The van der Waals surface area contributed by atoms with Gasteiger partial charge >= 0.3 is 0 Å². The molecule has 1 aromatic carbocycles. The number of carbonyl (C=O) groups excluding carboxylic acids is 1. The Morgan fingerprint density at radius 1 is 1.35 bits per heavy atom. The third-order valence-electron chi connectivity index (χ3n) is 2.92. The van der Waals surface area contributed by atoms with E-state index in [1.807, 2.05) is 31.2 Å². The second-order valence-electron chi connectivity index (χ2n) is 4.80. The lowest BCUT2D eigenvalue weighted by Crippen LogP contribution is -2.39. The van der Waals surface area contributed by atoms with Crippen LogP contribution in [-0.2, 0) is 4.79 Å². The van der Waals surface area contributed by atoms with E-state index in [4.69, 9.17) is 0 Å². The Morgan fingerprint density at radius 3 is 2.78 bits per heavy atom. The van der Waals surface area contributed by atoms with Crippen molar-refractivity contribution in [2.45, 2.75) is 6.92 Å². The Balaban J connectivity index is 1.79. The number of aryl methyl sites for hydroxylation is 1. The third-order valence-corrected chi connectivity index (χ3v) is 3.90. The second kappa shape index (κ2) is 7.41. The van der Waals surface area contributed by atoms with Crippen molar-refractivity contribution in [2.24, 2.45) is 0 Å². The molecule has 2 aromatic rings. The van der Waals surface area contributed by atoms with E-state index in [0.717, 1.165) is 11.3 Å². The maximum atomic E-state index is 11.8. The minimum absolute atomic E-state index is 0.000362. The first-order chi connectivity index (χ1) is 11.0. The van der Waals surface area contributed by atoms with Crippen LogP contribution in [0.5, 0.6) is 0 Å². The molecule has 7 nitrogen and oxygen atoms in total. The summed E-state index contributed by atoms with van der Waals surface area (Å²) in [7, 11) is 0. The fourth-order valence-corrected chi connectivity index (χ4v) is 2.55. The predicted octanol–water partition coefficient (Wildman–Crippen LogP) is 2.67. The van der Waals surface area contributed by atoms with Gasteiger partial charge in [0.2, 0.25) is 0 Å². The first-order valence-electron chi connectivity index (χ1n) is 6.73. The number of anilines is 1. The van der Waals surface area contributed by atoms with E-state index in [1.165, 1.54) is 22.8 Å². The third kappa shape index (κ3) is 4.82. The molecule has 0 spiro atoms. The summed E-state index contributed by atoms with van der Waals surface area (Å²) in [6, 6.07) is 9.08. The highest BCUT2D eigenvalue weighted by atomic mass is 32.1. The Bertz CT molecular complexity index is 742. The van der Waals surface area contributed by atoms with Crippen molar-refractivity contribution < 1.29 is 9.72 Å². The average Bonchev–Trinajstić information content (AvgIpc) is 3.01. The molecule has 0 saturated carbocycles. The standard InChI is InChI=1S/C15H16N4O3S/c1-10-4-3-5-12(6-10)16-8-15(20)18-17-11(2)14-7-13(9-23-14)19(21)22/h3-7,9,16-17H,2,8H2,1H3,(H,18,20). The molecular formula is C15H16N4O3S. The van der Waals surface area contributed by atoms with Crippen molar-refractivity contribution in [2.75, 3.05) is 11.9 Å². The molecule has 0 aliphatic carbocycles. The molecule has 1 heterocycles. The lowest BCUT2D eigenvalue weighted by Gasteiger charge is -2.11. The van der Waals surface area contributed by atoms with Crippen LogP contribution in [0.1, 0.15) is 10.4 Å². The van der Waals surface area contributed by atoms with Gasteiger partial charge in [0.05, 0.1) is 27.4 Å². The molecule has 0 bridgehead atoms. The highest BCUT2D eigenvalue weighted by molar-refractivity contribution is 7.11. The number of nitrogens with zero attached hydrogens (tertiary/aromatic N) is 1. The van der Waals surface area contributed by atoms with E-state index >= 15 is 0 Å². The van der Waals surface area contributed by atoms with E-state index in [-0.39, 0.29) is 18.1 Å². The van der Waals surface area contributed by atoms with E-state index in [1.54, 1.807) is 0 Å². The molecule has 3 N–H and O–H groups in total. The number of rotatable bonds is 7. The van der Waals surface area contributed by atoms with Gasteiger partial charge in [-0.3, -0.25) is 25.8 Å². The van der Waals surface area contributed by atoms with Crippen molar-refractivity contribution in [1.82, 2.24) is 10.9 Å². The zero-order valence-electron chi connectivity index (χ0n) is 12.5. The van der Waals surface area contributed by atoms with Crippen LogP contribution >= 0.6 is 11.3 Å². The lowest BCUT2D eigenvalue weighted by atomic mass is 10.2. The van der Waals surface area contributed by atoms with Crippen LogP contribution in [0.25, 0.3) is 5.70 Å². The molecule has 120 valence electrons. The molecule has 23 heavy (non-hydrogen) atoms. The summed E-state index contributed by atoms with van der Waals surface area (Å²) < 4.78 is 0. The maximum absolute atomic E-state index is 11.8. The minimum Gasteiger partial charge on any atom is -0.376 e. The molecule has 0 aliphatic rings. The fraction of sp³-hybridized carbons (Fsp3) is 0.133. The van der Waals surface area contributed by atoms with Crippen LogP contribution in [0.2, 0.25) is 0 Å². The summed E-state index contributed by atoms with van der Waals surface area (Å²) in [5, 5.41) is 15.1. The largest absolute Gasteiger partial charge is 0.376 e. The summed E-state index contributed by atoms with van der Waals surface area (Å²) in [6.07, 6.45) is 0. The predicted molar refractivity (Wildman–Crippen MR) is 91.0 cm³/mol. The Morgan fingerprint density at radius 2 is 2.13 bits per heavy atom. The van der Waals surface area contributed by atoms with Gasteiger partial charge in [-0.2, -0.15) is 0 Å². The SMILES string of the molecule is C=C(NNC(=O)CNc1cccc(C)c1)c1cc([N+](=O)[O-])cs1. The molecule has 0 radical (unpaired) electrons. The van der Waals surface area contributed by atoms with Gasteiger partial charge in [0.1, 0.15) is 0 Å². The van der Waals surface area contributed by atoms with E-state index in [9.17, 15) is 14.9 Å². The van der Waals surface area contributed by atoms with Gasteiger partial charge in [-0.1, -0.05) is 18.7 Å². The van der Waals surface area contributed by atoms with Crippen LogP contribution in [0.15, 0.2) is 42.3 Å². The number of hydrazine groups is 1. The fourth-order valence-electron chi connectivity index (χ4n) is 1.77. The highest BCUT2D eigenvalue weighted by Crippen LogP contribution is 2.24. The number of nitro groups is 1. The normalized spacial score (nSPS) is 9.96. The van der Waals surface area contributed by atoms with Crippen molar-refractivity contribution in [3.63, 3.8) is 0 Å². The zero-order valence-corrected chi connectivity index (χ0v) is 13.3. The van der Waals surface area contributed by atoms with Gasteiger partial charge in [0, 0.05) is 11.8 Å². The van der Waals surface area contributed by atoms with E-state index in [0.29, 0.717) is 10.6 Å².